The minimum atomic E-state index is -4.67. The molecule has 34 heavy (non-hydrogen) atoms. The van der Waals surface area contributed by atoms with Crippen molar-refractivity contribution in [3.05, 3.63) is 29.3 Å². The molecule has 1 heterocycles. The van der Waals surface area contributed by atoms with Crippen molar-refractivity contribution in [1.29, 1.82) is 5.26 Å². The first kappa shape index (κ1) is 25.8. The van der Waals surface area contributed by atoms with Crippen LogP contribution in [-0.2, 0) is 20.5 Å². The number of piperazine rings is 1. The Morgan fingerprint density at radius 3 is 2.62 bits per heavy atom. The fourth-order valence-corrected chi connectivity index (χ4v) is 4.77. The lowest BCUT2D eigenvalue weighted by molar-refractivity contribution is -0.141. The summed E-state index contributed by atoms with van der Waals surface area (Å²) >= 11 is 0. The van der Waals surface area contributed by atoms with Crippen molar-refractivity contribution in [1.82, 2.24) is 10.2 Å². The SMILES string of the molecule is COCCNC(=O)C1CN(c2ccc(C#N)c(C(F)(F)F)c2)CCN1C(=O)CCC1CCCC1. The first-order chi connectivity index (χ1) is 16.2. The normalized spacial score (nSPS) is 19.2. The van der Waals surface area contributed by atoms with Crippen LogP contribution in [0.4, 0.5) is 18.9 Å². The van der Waals surface area contributed by atoms with E-state index in [0.717, 1.165) is 31.4 Å². The van der Waals surface area contributed by atoms with Crippen molar-refractivity contribution in [3.63, 3.8) is 0 Å². The predicted octanol–water partition coefficient (Wildman–Crippen LogP) is 3.33. The lowest BCUT2D eigenvalue weighted by Gasteiger charge is -2.42. The van der Waals surface area contributed by atoms with E-state index >= 15 is 0 Å². The fraction of sp³-hybridized carbons (Fsp3) is 0.625. The van der Waals surface area contributed by atoms with Gasteiger partial charge in [-0.1, -0.05) is 25.7 Å². The molecule has 2 aliphatic rings. The number of ether oxygens (including phenoxy) is 1. The van der Waals surface area contributed by atoms with Crippen LogP contribution < -0.4 is 10.2 Å². The monoisotopic (exact) mass is 480 g/mol. The molecule has 186 valence electrons. The summed E-state index contributed by atoms with van der Waals surface area (Å²) in [4.78, 5) is 29.2. The number of nitrogens with one attached hydrogen (secondary N) is 1. The number of halogens is 3. The van der Waals surface area contributed by atoms with Crippen LogP contribution in [0.2, 0.25) is 0 Å². The lowest BCUT2D eigenvalue weighted by Crippen LogP contribution is -2.61. The number of methoxy groups -OCH3 is 1. The van der Waals surface area contributed by atoms with Crippen molar-refractivity contribution in [3.8, 4) is 6.07 Å². The number of benzene rings is 1. The summed E-state index contributed by atoms with van der Waals surface area (Å²) in [6, 6.07) is 4.29. The fourth-order valence-electron chi connectivity index (χ4n) is 4.77. The third kappa shape index (κ3) is 6.41. The van der Waals surface area contributed by atoms with Gasteiger partial charge in [0, 0.05) is 45.4 Å². The molecule has 2 fully saturated rings. The number of alkyl halides is 3. The van der Waals surface area contributed by atoms with Gasteiger partial charge in [0.1, 0.15) is 6.04 Å². The third-order valence-corrected chi connectivity index (χ3v) is 6.64. The molecular weight excluding hydrogens is 449 g/mol. The van der Waals surface area contributed by atoms with Gasteiger partial charge in [-0.3, -0.25) is 9.59 Å². The van der Waals surface area contributed by atoms with Crippen LogP contribution in [0, 0.1) is 17.2 Å². The Bertz CT molecular complexity index is 910. The Balaban J connectivity index is 1.77. The Morgan fingerprint density at radius 2 is 1.97 bits per heavy atom. The Morgan fingerprint density at radius 1 is 1.24 bits per heavy atom. The van der Waals surface area contributed by atoms with Gasteiger partial charge in [0.15, 0.2) is 0 Å². The maximum absolute atomic E-state index is 13.4. The molecule has 1 aliphatic heterocycles. The first-order valence-electron chi connectivity index (χ1n) is 11.7. The van der Waals surface area contributed by atoms with Crippen molar-refractivity contribution in [2.45, 2.75) is 50.7 Å². The zero-order valence-corrected chi connectivity index (χ0v) is 19.4. The van der Waals surface area contributed by atoms with Crippen LogP contribution in [0.25, 0.3) is 0 Å². The molecule has 10 heteroatoms. The molecule has 1 atom stereocenters. The van der Waals surface area contributed by atoms with Gasteiger partial charge >= 0.3 is 6.18 Å². The third-order valence-electron chi connectivity index (χ3n) is 6.64. The molecule has 1 aromatic rings. The Labute approximate surface area is 197 Å². The molecular formula is C24H31F3N4O3. The van der Waals surface area contributed by atoms with Crippen LogP contribution in [-0.4, -0.2) is 62.7 Å². The van der Waals surface area contributed by atoms with Crippen molar-refractivity contribution in [2.24, 2.45) is 5.92 Å². The molecule has 0 radical (unpaired) electrons. The average molecular weight is 481 g/mol. The van der Waals surface area contributed by atoms with Crippen molar-refractivity contribution in [2.75, 3.05) is 44.8 Å². The van der Waals surface area contributed by atoms with E-state index in [0.29, 0.717) is 25.5 Å². The second-order valence-electron chi connectivity index (χ2n) is 8.86. The van der Waals surface area contributed by atoms with Crippen LogP contribution in [0.15, 0.2) is 18.2 Å². The van der Waals surface area contributed by atoms with E-state index in [4.69, 9.17) is 10.00 Å². The number of hydrogen-bond donors (Lipinski definition) is 1. The molecule has 1 unspecified atom stereocenters. The highest BCUT2D eigenvalue weighted by molar-refractivity contribution is 5.88. The predicted molar refractivity (Wildman–Crippen MR) is 120 cm³/mol. The van der Waals surface area contributed by atoms with Gasteiger partial charge in [0.25, 0.3) is 0 Å². The first-order valence-corrected chi connectivity index (χ1v) is 11.7. The van der Waals surface area contributed by atoms with E-state index in [1.165, 1.54) is 26.0 Å². The molecule has 0 spiro atoms. The van der Waals surface area contributed by atoms with Crippen LogP contribution in [0.1, 0.15) is 49.7 Å². The van der Waals surface area contributed by atoms with Crippen LogP contribution in [0.3, 0.4) is 0 Å². The van der Waals surface area contributed by atoms with Crippen molar-refractivity contribution >= 4 is 17.5 Å². The van der Waals surface area contributed by atoms with Crippen LogP contribution in [0.5, 0.6) is 0 Å². The standard InChI is InChI=1S/C24H31F3N4O3/c1-34-13-10-29-23(33)21-16-30(19-8-7-18(15-28)20(14-19)24(25,26)27)11-12-31(21)22(32)9-6-17-4-2-3-5-17/h7-8,14,17,21H,2-6,9-13,16H2,1H3,(H,29,33). The lowest BCUT2D eigenvalue weighted by atomic mass is 10.0. The van der Waals surface area contributed by atoms with Gasteiger partial charge in [-0.05, 0) is 30.5 Å². The Kier molecular flexibility index (Phi) is 8.78. The van der Waals surface area contributed by atoms with E-state index in [-0.39, 0.29) is 37.1 Å². The topological polar surface area (TPSA) is 85.7 Å². The molecule has 1 saturated heterocycles. The summed E-state index contributed by atoms with van der Waals surface area (Å²) in [6.07, 6.45) is 1.11. The average Bonchev–Trinajstić information content (AvgIpc) is 3.35. The van der Waals surface area contributed by atoms with Gasteiger partial charge in [0.05, 0.1) is 23.8 Å². The summed E-state index contributed by atoms with van der Waals surface area (Å²) in [5.74, 6) is 0.0774. The molecule has 7 nitrogen and oxygen atoms in total. The molecule has 0 aromatic heterocycles. The van der Waals surface area contributed by atoms with E-state index in [1.807, 2.05) is 0 Å². The molecule has 1 saturated carbocycles. The molecule has 3 rings (SSSR count). The van der Waals surface area contributed by atoms with E-state index in [1.54, 1.807) is 15.9 Å². The molecule has 0 bridgehead atoms. The van der Waals surface area contributed by atoms with Gasteiger partial charge in [0.2, 0.25) is 11.8 Å². The number of rotatable bonds is 8. The number of amides is 2. The molecule has 2 amide bonds. The quantitative estimate of drug-likeness (QED) is 0.577. The molecule has 1 aromatic carbocycles. The molecule has 1 N–H and O–H groups in total. The van der Waals surface area contributed by atoms with Gasteiger partial charge < -0.3 is 19.9 Å². The second kappa shape index (κ2) is 11.6. The summed E-state index contributed by atoms with van der Waals surface area (Å²) in [5, 5.41) is 11.8. The summed E-state index contributed by atoms with van der Waals surface area (Å²) < 4.78 is 45.3. The van der Waals surface area contributed by atoms with Crippen molar-refractivity contribution < 1.29 is 27.5 Å². The summed E-state index contributed by atoms with van der Waals surface area (Å²) in [5.41, 5.74) is -1.20. The maximum atomic E-state index is 13.4. The highest BCUT2D eigenvalue weighted by Gasteiger charge is 2.37. The highest BCUT2D eigenvalue weighted by atomic mass is 19.4. The Hall–Kier alpha value is -2.80. The van der Waals surface area contributed by atoms with Gasteiger partial charge in [-0.15, -0.1) is 0 Å². The largest absolute Gasteiger partial charge is 0.417 e. The number of nitrogens with zero attached hydrogens (tertiary/aromatic N) is 3. The smallest absolute Gasteiger partial charge is 0.383 e. The highest BCUT2D eigenvalue weighted by Crippen LogP contribution is 2.35. The second-order valence-corrected chi connectivity index (χ2v) is 8.86. The van der Waals surface area contributed by atoms with Gasteiger partial charge in [-0.25, -0.2) is 0 Å². The van der Waals surface area contributed by atoms with E-state index in [9.17, 15) is 22.8 Å². The van der Waals surface area contributed by atoms with Crippen LogP contribution >= 0.6 is 0 Å². The molecule has 1 aliphatic carbocycles. The number of carbonyl (C=O) groups excluding carboxylic acids is 2. The number of carbonyl (C=O) groups is 2. The zero-order valence-electron chi connectivity index (χ0n) is 19.4. The number of hydrogen-bond acceptors (Lipinski definition) is 5. The maximum Gasteiger partial charge on any atom is 0.417 e. The summed E-state index contributed by atoms with van der Waals surface area (Å²) in [7, 11) is 1.51. The summed E-state index contributed by atoms with van der Waals surface area (Å²) in [6.45, 7) is 1.16. The zero-order chi connectivity index (χ0) is 24.7. The van der Waals surface area contributed by atoms with Gasteiger partial charge in [-0.2, -0.15) is 18.4 Å². The minimum Gasteiger partial charge on any atom is -0.383 e. The minimum absolute atomic E-state index is 0.0666. The number of anilines is 1. The van der Waals surface area contributed by atoms with E-state index in [2.05, 4.69) is 5.32 Å². The van der Waals surface area contributed by atoms with E-state index < -0.39 is 23.3 Å². The number of nitriles is 1.